The molecule has 1 unspecified atom stereocenters. The van der Waals surface area contributed by atoms with E-state index in [1.807, 2.05) is 31.2 Å². The third kappa shape index (κ3) is 3.48. The van der Waals surface area contributed by atoms with E-state index in [0.717, 1.165) is 5.56 Å². The molecule has 0 aliphatic heterocycles. The molecule has 0 saturated carbocycles. The molecule has 0 spiro atoms. The first-order valence-corrected chi connectivity index (χ1v) is 5.39. The normalized spacial score (nSPS) is 12.9. The number of benzene rings is 1. The Kier molecular flexibility index (Phi) is 4.04. The first-order chi connectivity index (χ1) is 7.00. The van der Waals surface area contributed by atoms with Crippen molar-refractivity contribution in [3.8, 4) is 0 Å². The SMILES string of the molecule is CC(N)CC(=O)c1ccc(C(C)C)cc1. The molecule has 0 aromatic heterocycles. The van der Waals surface area contributed by atoms with Crippen LogP contribution in [-0.2, 0) is 0 Å². The minimum absolute atomic E-state index is 0.0673. The fourth-order valence-corrected chi connectivity index (χ4v) is 1.46. The van der Waals surface area contributed by atoms with Crippen LogP contribution in [0.25, 0.3) is 0 Å². The minimum Gasteiger partial charge on any atom is -0.328 e. The average molecular weight is 205 g/mol. The Morgan fingerprint density at radius 2 is 1.73 bits per heavy atom. The minimum atomic E-state index is -0.0673. The molecule has 0 aliphatic rings. The molecule has 0 aliphatic carbocycles. The van der Waals surface area contributed by atoms with Crippen molar-refractivity contribution in [3.05, 3.63) is 35.4 Å². The molecule has 15 heavy (non-hydrogen) atoms. The van der Waals surface area contributed by atoms with Gasteiger partial charge in [-0.15, -0.1) is 0 Å². The highest BCUT2D eigenvalue weighted by Crippen LogP contribution is 2.15. The molecular formula is C13H19NO. The lowest BCUT2D eigenvalue weighted by Gasteiger charge is -2.07. The highest BCUT2D eigenvalue weighted by Gasteiger charge is 2.08. The predicted molar refractivity (Wildman–Crippen MR) is 63.1 cm³/mol. The quantitative estimate of drug-likeness (QED) is 0.768. The second-order valence-corrected chi connectivity index (χ2v) is 4.38. The highest BCUT2D eigenvalue weighted by molar-refractivity contribution is 5.96. The summed E-state index contributed by atoms with van der Waals surface area (Å²) < 4.78 is 0. The van der Waals surface area contributed by atoms with Crippen LogP contribution in [0.2, 0.25) is 0 Å². The van der Waals surface area contributed by atoms with Gasteiger partial charge in [-0.25, -0.2) is 0 Å². The molecule has 2 heteroatoms. The summed E-state index contributed by atoms with van der Waals surface area (Å²) in [4.78, 5) is 11.7. The van der Waals surface area contributed by atoms with Crippen LogP contribution in [-0.4, -0.2) is 11.8 Å². The zero-order valence-electron chi connectivity index (χ0n) is 9.66. The van der Waals surface area contributed by atoms with E-state index < -0.39 is 0 Å². The molecule has 1 aromatic rings. The number of carbonyl (C=O) groups is 1. The van der Waals surface area contributed by atoms with Crippen LogP contribution in [0, 0.1) is 0 Å². The molecule has 0 heterocycles. The van der Waals surface area contributed by atoms with E-state index in [1.165, 1.54) is 5.56 Å². The van der Waals surface area contributed by atoms with E-state index >= 15 is 0 Å². The summed E-state index contributed by atoms with van der Waals surface area (Å²) in [5, 5.41) is 0. The van der Waals surface area contributed by atoms with Gasteiger partial charge < -0.3 is 5.73 Å². The summed E-state index contributed by atoms with van der Waals surface area (Å²) in [5.41, 5.74) is 7.61. The summed E-state index contributed by atoms with van der Waals surface area (Å²) in [6.07, 6.45) is 0.418. The zero-order valence-corrected chi connectivity index (χ0v) is 9.66. The summed E-state index contributed by atoms with van der Waals surface area (Å²) >= 11 is 0. The number of rotatable bonds is 4. The zero-order chi connectivity index (χ0) is 11.4. The van der Waals surface area contributed by atoms with Gasteiger partial charge in [0.05, 0.1) is 0 Å². The van der Waals surface area contributed by atoms with E-state index in [2.05, 4.69) is 13.8 Å². The molecule has 2 nitrogen and oxygen atoms in total. The molecule has 1 rings (SSSR count). The Morgan fingerprint density at radius 3 is 2.13 bits per heavy atom. The number of ketones is 1. The van der Waals surface area contributed by atoms with E-state index in [4.69, 9.17) is 5.73 Å². The number of nitrogens with two attached hydrogens (primary N) is 1. The Hall–Kier alpha value is -1.15. The summed E-state index contributed by atoms with van der Waals surface area (Å²) in [6, 6.07) is 7.74. The summed E-state index contributed by atoms with van der Waals surface area (Å²) in [5.74, 6) is 0.628. The fourth-order valence-electron chi connectivity index (χ4n) is 1.46. The van der Waals surface area contributed by atoms with Crippen molar-refractivity contribution in [1.82, 2.24) is 0 Å². The molecular weight excluding hydrogens is 186 g/mol. The van der Waals surface area contributed by atoms with Gasteiger partial charge in [-0.05, 0) is 18.4 Å². The van der Waals surface area contributed by atoms with Crippen molar-refractivity contribution in [2.24, 2.45) is 5.73 Å². The molecule has 2 N–H and O–H groups in total. The lowest BCUT2D eigenvalue weighted by atomic mass is 9.99. The molecule has 0 saturated heterocycles. The lowest BCUT2D eigenvalue weighted by molar-refractivity contribution is 0.0976. The van der Waals surface area contributed by atoms with Gasteiger partial charge in [-0.2, -0.15) is 0 Å². The van der Waals surface area contributed by atoms with Crippen molar-refractivity contribution in [2.75, 3.05) is 0 Å². The smallest absolute Gasteiger partial charge is 0.164 e. The molecule has 0 amide bonds. The van der Waals surface area contributed by atoms with Crippen molar-refractivity contribution < 1.29 is 4.79 Å². The number of hydrogen-bond acceptors (Lipinski definition) is 2. The van der Waals surface area contributed by atoms with Gasteiger partial charge in [-0.1, -0.05) is 38.1 Å². The third-order valence-electron chi connectivity index (χ3n) is 2.41. The molecule has 82 valence electrons. The Balaban J connectivity index is 2.75. The van der Waals surface area contributed by atoms with Gasteiger partial charge in [0.25, 0.3) is 0 Å². The maximum atomic E-state index is 11.7. The van der Waals surface area contributed by atoms with E-state index in [0.29, 0.717) is 12.3 Å². The van der Waals surface area contributed by atoms with Gasteiger partial charge in [0, 0.05) is 18.0 Å². The lowest BCUT2D eigenvalue weighted by Crippen LogP contribution is -2.19. The summed E-state index contributed by atoms with van der Waals surface area (Å²) in [6.45, 7) is 6.12. The van der Waals surface area contributed by atoms with Crippen LogP contribution < -0.4 is 5.73 Å². The first kappa shape index (κ1) is 11.9. The van der Waals surface area contributed by atoms with Crippen molar-refractivity contribution >= 4 is 5.78 Å². The number of Topliss-reactive ketones (excluding diaryl/α,β-unsaturated/α-hetero) is 1. The van der Waals surface area contributed by atoms with Crippen molar-refractivity contribution in [3.63, 3.8) is 0 Å². The number of hydrogen-bond donors (Lipinski definition) is 1. The van der Waals surface area contributed by atoms with Crippen LogP contribution in [0.4, 0.5) is 0 Å². The predicted octanol–water partition coefficient (Wildman–Crippen LogP) is 2.73. The topological polar surface area (TPSA) is 43.1 Å². The molecule has 0 radical (unpaired) electrons. The van der Waals surface area contributed by atoms with Crippen molar-refractivity contribution in [2.45, 2.75) is 39.2 Å². The van der Waals surface area contributed by atoms with Crippen LogP contribution in [0.5, 0.6) is 0 Å². The van der Waals surface area contributed by atoms with E-state index in [9.17, 15) is 4.79 Å². The van der Waals surface area contributed by atoms with Crippen LogP contribution in [0.3, 0.4) is 0 Å². The Labute approximate surface area is 91.5 Å². The maximum Gasteiger partial charge on any atom is 0.164 e. The van der Waals surface area contributed by atoms with Crippen LogP contribution in [0.15, 0.2) is 24.3 Å². The van der Waals surface area contributed by atoms with Gasteiger partial charge in [0.2, 0.25) is 0 Å². The molecule has 1 atom stereocenters. The fraction of sp³-hybridized carbons (Fsp3) is 0.462. The Bertz CT molecular complexity index is 325. The first-order valence-electron chi connectivity index (χ1n) is 5.39. The standard InChI is InChI=1S/C13H19NO/c1-9(2)11-4-6-12(7-5-11)13(15)8-10(3)14/h4-7,9-10H,8,14H2,1-3H3. The van der Waals surface area contributed by atoms with Crippen LogP contribution in [0.1, 0.15) is 49.0 Å². The molecule has 1 aromatic carbocycles. The van der Waals surface area contributed by atoms with E-state index in [-0.39, 0.29) is 11.8 Å². The van der Waals surface area contributed by atoms with Gasteiger partial charge >= 0.3 is 0 Å². The van der Waals surface area contributed by atoms with Gasteiger partial charge in [-0.3, -0.25) is 4.79 Å². The van der Waals surface area contributed by atoms with Crippen LogP contribution >= 0.6 is 0 Å². The van der Waals surface area contributed by atoms with Crippen molar-refractivity contribution in [1.29, 1.82) is 0 Å². The van der Waals surface area contributed by atoms with E-state index in [1.54, 1.807) is 0 Å². The summed E-state index contributed by atoms with van der Waals surface area (Å²) in [7, 11) is 0. The van der Waals surface area contributed by atoms with Gasteiger partial charge in [0.1, 0.15) is 0 Å². The largest absolute Gasteiger partial charge is 0.328 e. The Morgan fingerprint density at radius 1 is 1.20 bits per heavy atom. The highest BCUT2D eigenvalue weighted by atomic mass is 16.1. The number of carbonyl (C=O) groups excluding carboxylic acids is 1. The molecule has 0 fully saturated rings. The average Bonchev–Trinajstić information content (AvgIpc) is 2.17. The molecule has 0 bridgehead atoms. The third-order valence-corrected chi connectivity index (χ3v) is 2.41. The second-order valence-electron chi connectivity index (χ2n) is 4.38. The monoisotopic (exact) mass is 205 g/mol. The van der Waals surface area contributed by atoms with Gasteiger partial charge in [0.15, 0.2) is 5.78 Å². The second kappa shape index (κ2) is 5.08. The maximum absolute atomic E-state index is 11.7.